The van der Waals surface area contributed by atoms with E-state index in [0.29, 0.717) is 35.6 Å². The molecular weight excluding hydrogens is 456 g/mol. The van der Waals surface area contributed by atoms with Gasteiger partial charge in [-0.3, -0.25) is 9.59 Å². The van der Waals surface area contributed by atoms with E-state index in [2.05, 4.69) is 4.98 Å². The lowest BCUT2D eigenvalue weighted by atomic mass is 9.95. The van der Waals surface area contributed by atoms with Gasteiger partial charge in [0.2, 0.25) is 0 Å². The molecular formula is C29H26N2O5. The molecule has 5 rings (SSSR count). The molecule has 7 nitrogen and oxygen atoms in total. The monoisotopic (exact) mass is 482 g/mol. The number of likely N-dealkylation sites (tertiary alicyclic amines) is 1. The predicted octanol–water partition coefficient (Wildman–Crippen LogP) is 4.85. The number of nitrogens with zero attached hydrogens (tertiary/aromatic N) is 1. The molecule has 1 aliphatic rings. The molecule has 0 saturated carbocycles. The number of benzene rings is 3. The van der Waals surface area contributed by atoms with Crippen molar-refractivity contribution in [3.05, 3.63) is 101 Å². The smallest absolute Gasteiger partial charge is 0.295 e. The lowest BCUT2D eigenvalue weighted by Gasteiger charge is -2.25. The highest BCUT2D eigenvalue weighted by molar-refractivity contribution is 6.46. The number of aliphatic hydroxyl groups excluding tert-OH is 1. The molecule has 182 valence electrons. The highest BCUT2D eigenvalue weighted by Gasteiger charge is 2.45. The van der Waals surface area contributed by atoms with Crippen molar-refractivity contribution < 1.29 is 24.2 Å². The van der Waals surface area contributed by atoms with Gasteiger partial charge in [-0.05, 0) is 60.0 Å². The first kappa shape index (κ1) is 23.2. The minimum absolute atomic E-state index is 0.0641. The number of fused-ring (bicyclic) bond motifs is 1. The van der Waals surface area contributed by atoms with Crippen LogP contribution in [0.2, 0.25) is 0 Å². The minimum atomic E-state index is -0.733. The Balaban J connectivity index is 1.55. The third-order valence-electron chi connectivity index (χ3n) is 6.63. The number of hydrogen-bond donors (Lipinski definition) is 2. The van der Waals surface area contributed by atoms with Crippen LogP contribution in [0.3, 0.4) is 0 Å². The van der Waals surface area contributed by atoms with Gasteiger partial charge >= 0.3 is 0 Å². The number of aromatic amines is 1. The van der Waals surface area contributed by atoms with Crippen LogP contribution in [0, 0.1) is 0 Å². The quantitative estimate of drug-likeness (QED) is 0.223. The zero-order chi connectivity index (χ0) is 25.2. The van der Waals surface area contributed by atoms with E-state index in [1.807, 2.05) is 42.6 Å². The van der Waals surface area contributed by atoms with E-state index in [0.717, 1.165) is 16.5 Å². The summed E-state index contributed by atoms with van der Waals surface area (Å²) in [6.45, 7) is 0.308. The third kappa shape index (κ3) is 4.09. The molecule has 1 amide bonds. The van der Waals surface area contributed by atoms with E-state index in [1.165, 1.54) is 0 Å². The maximum atomic E-state index is 13.3. The van der Waals surface area contributed by atoms with Crippen LogP contribution in [0.4, 0.5) is 0 Å². The molecule has 7 heteroatoms. The first-order chi connectivity index (χ1) is 17.5. The van der Waals surface area contributed by atoms with Crippen molar-refractivity contribution in [1.82, 2.24) is 9.88 Å². The number of carbonyl (C=O) groups excluding carboxylic acids is 2. The standard InChI is InChI=1S/C29H26N2O5/c1-35-21-11-7-18(8-12-21)26-25(27(32)19-9-13-22(36-2)14-10-19)28(33)29(34)31(26)16-15-20-17-30-24-6-4-3-5-23(20)24/h3-14,17,26,30,32H,15-16H2,1-2H3. The first-order valence-electron chi connectivity index (χ1n) is 11.6. The molecule has 2 N–H and O–H groups in total. The number of Topliss-reactive ketones (excluding diaryl/α,β-unsaturated/α-hetero) is 1. The molecule has 0 aliphatic carbocycles. The van der Waals surface area contributed by atoms with Gasteiger partial charge in [-0.25, -0.2) is 0 Å². The zero-order valence-corrected chi connectivity index (χ0v) is 20.0. The van der Waals surface area contributed by atoms with E-state index in [9.17, 15) is 14.7 Å². The molecule has 36 heavy (non-hydrogen) atoms. The number of carbonyl (C=O) groups is 2. The second-order valence-corrected chi connectivity index (χ2v) is 8.60. The number of aliphatic hydroxyl groups is 1. The van der Waals surface area contributed by atoms with Gasteiger partial charge in [0.15, 0.2) is 0 Å². The van der Waals surface area contributed by atoms with Crippen LogP contribution in [0.5, 0.6) is 11.5 Å². The molecule has 0 bridgehead atoms. The molecule has 1 fully saturated rings. The van der Waals surface area contributed by atoms with Crippen molar-refractivity contribution in [2.24, 2.45) is 0 Å². The van der Waals surface area contributed by atoms with Gasteiger partial charge in [0.25, 0.3) is 11.7 Å². The van der Waals surface area contributed by atoms with Gasteiger partial charge in [0.1, 0.15) is 17.3 Å². The third-order valence-corrected chi connectivity index (χ3v) is 6.63. The van der Waals surface area contributed by atoms with Gasteiger partial charge in [0.05, 0.1) is 25.8 Å². The molecule has 4 aromatic rings. The Morgan fingerprint density at radius 3 is 2.22 bits per heavy atom. The van der Waals surface area contributed by atoms with E-state index in [-0.39, 0.29) is 11.3 Å². The Morgan fingerprint density at radius 1 is 0.917 bits per heavy atom. The topological polar surface area (TPSA) is 91.9 Å². The maximum Gasteiger partial charge on any atom is 0.295 e. The van der Waals surface area contributed by atoms with Gasteiger partial charge in [-0.15, -0.1) is 0 Å². The average Bonchev–Trinajstić information content (AvgIpc) is 3.45. The van der Waals surface area contributed by atoms with Crippen LogP contribution in [0.25, 0.3) is 16.7 Å². The van der Waals surface area contributed by atoms with Crippen molar-refractivity contribution in [3.8, 4) is 11.5 Å². The fourth-order valence-corrected chi connectivity index (χ4v) is 4.73. The van der Waals surface area contributed by atoms with Gasteiger partial charge in [-0.1, -0.05) is 30.3 Å². The molecule has 2 heterocycles. The van der Waals surface area contributed by atoms with Gasteiger partial charge in [0, 0.05) is 29.2 Å². The van der Waals surface area contributed by atoms with Crippen LogP contribution in [-0.4, -0.2) is 47.4 Å². The van der Waals surface area contributed by atoms with Gasteiger partial charge in [-0.2, -0.15) is 0 Å². The molecule has 1 aromatic heterocycles. The Kier molecular flexibility index (Phi) is 6.21. The number of ether oxygens (including phenoxy) is 2. The van der Waals surface area contributed by atoms with Crippen LogP contribution in [0.15, 0.2) is 84.6 Å². The van der Waals surface area contributed by atoms with Crippen molar-refractivity contribution >= 4 is 28.4 Å². The summed E-state index contributed by atoms with van der Waals surface area (Å²) >= 11 is 0. The Labute approximate surface area is 208 Å². The largest absolute Gasteiger partial charge is 0.507 e. The molecule has 0 radical (unpaired) electrons. The summed E-state index contributed by atoms with van der Waals surface area (Å²) in [6, 6.07) is 21.1. The lowest BCUT2D eigenvalue weighted by Crippen LogP contribution is -2.31. The summed E-state index contributed by atoms with van der Waals surface area (Å²) in [5, 5.41) is 12.3. The maximum absolute atomic E-state index is 13.3. The van der Waals surface area contributed by atoms with Crippen LogP contribution in [0.1, 0.15) is 22.7 Å². The summed E-state index contributed by atoms with van der Waals surface area (Å²) in [5.74, 6) is -0.276. The summed E-state index contributed by atoms with van der Waals surface area (Å²) in [4.78, 5) is 31.3. The second-order valence-electron chi connectivity index (χ2n) is 8.60. The highest BCUT2D eigenvalue weighted by Crippen LogP contribution is 2.40. The number of amides is 1. The molecule has 3 aromatic carbocycles. The summed E-state index contributed by atoms with van der Waals surface area (Å²) in [5.41, 5.74) is 3.28. The second kappa shape index (κ2) is 9.62. The van der Waals surface area contributed by atoms with Crippen molar-refractivity contribution in [1.29, 1.82) is 0 Å². The molecule has 1 atom stereocenters. The number of para-hydroxylation sites is 1. The molecule has 0 spiro atoms. The van der Waals surface area contributed by atoms with E-state index >= 15 is 0 Å². The number of nitrogens with one attached hydrogen (secondary N) is 1. The number of aromatic nitrogens is 1. The fraction of sp³-hybridized carbons (Fsp3) is 0.172. The highest BCUT2D eigenvalue weighted by atomic mass is 16.5. The zero-order valence-electron chi connectivity index (χ0n) is 20.0. The average molecular weight is 483 g/mol. The van der Waals surface area contributed by atoms with E-state index < -0.39 is 17.7 Å². The molecule has 1 unspecified atom stereocenters. The minimum Gasteiger partial charge on any atom is -0.507 e. The molecule has 1 aliphatic heterocycles. The number of hydrogen-bond acceptors (Lipinski definition) is 5. The number of rotatable bonds is 7. The van der Waals surface area contributed by atoms with E-state index in [4.69, 9.17) is 9.47 Å². The Morgan fingerprint density at radius 2 is 1.56 bits per heavy atom. The lowest BCUT2D eigenvalue weighted by molar-refractivity contribution is -0.139. The Bertz CT molecular complexity index is 1450. The first-order valence-corrected chi connectivity index (χ1v) is 11.6. The number of H-pyrrole nitrogens is 1. The van der Waals surface area contributed by atoms with Crippen molar-refractivity contribution in [2.45, 2.75) is 12.5 Å². The Hall–Kier alpha value is -4.52. The fourth-order valence-electron chi connectivity index (χ4n) is 4.73. The van der Waals surface area contributed by atoms with Crippen LogP contribution >= 0.6 is 0 Å². The summed E-state index contributed by atoms with van der Waals surface area (Å²) in [6.07, 6.45) is 2.48. The van der Waals surface area contributed by atoms with Crippen LogP contribution < -0.4 is 9.47 Å². The van der Waals surface area contributed by atoms with Crippen molar-refractivity contribution in [2.75, 3.05) is 20.8 Å². The predicted molar refractivity (Wildman–Crippen MR) is 137 cm³/mol. The van der Waals surface area contributed by atoms with Crippen LogP contribution in [-0.2, 0) is 16.0 Å². The van der Waals surface area contributed by atoms with Gasteiger partial charge < -0.3 is 24.5 Å². The number of methoxy groups -OCH3 is 2. The molecule has 1 saturated heterocycles. The summed E-state index contributed by atoms with van der Waals surface area (Å²) < 4.78 is 10.5. The van der Waals surface area contributed by atoms with E-state index in [1.54, 1.807) is 55.5 Å². The van der Waals surface area contributed by atoms with Crippen molar-refractivity contribution in [3.63, 3.8) is 0 Å². The summed E-state index contributed by atoms with van der Waals surface area (Å²) in [7, 11) is 3.13. The number of ketones is 1. The SMILES string of the molecule is COc1ccc(C(O)=C2C(=O)C(=O)N(CCc3c[nH]c4ccccc34)C2c2ccc(OC)cc2)cc1. The normalized spacial score (nSPS) is 17.1.